The molecule has 1 aromatic carbocycles. The molecule has 178 valence electrons. The Labute approximate surface area is 196 Å². The third kappa shape index (κ3) is 3.95. The molecular formula is C27H36N2O4. The van der Waals surface area contributed by atoms with Crippen LogP contribution in [0.25, 0.3) is 0 Å². The molecule has 5 aliphatic rings. The lowest BCUT2D eigenvalue weighted by Gasteiger charge is -2.46. The highest BCUT2D eigenvalue weighted by atomic mass is 16.7. The topological polar surface area (TPSA) is 51.2 Å². The Morgan fingerprint density at radius 1 is 1.09 bits per heavy atom. The predicted octanol–water partition coefficient (Wildman–Crippen LogP) is 3.99. The molecule has 6 nitrogen and oxygen atoms in total. The fourth-order valence-electron chi connectivity index (χ4n) is 7.03. The van der Waals surface area contributed by atoms with E-state index in [1.54, 1.807) is 11.1 Å². The molecule has 1 saturated carbocycles. The lowest BCUT2D eigenvalue weighted by atomic mass is 9.59. The first-order valence-electron chi connectivity index (χ1n) is 12.7. The molecule has 2 aliphatic carbocycles. The first-order valence-corrected chi connectivity index (χ1v) is 12.7. The van der Waals surface area contributed by atoms with Gasteiger partial charge in [0.2, 0.25) is 6.79 Å². The molecular weight excluding hydrogens is 416 g/mol. The number of fused-ring (bicyclic) bond motifs is 3. The lowest BCUT2D eigenvalue weighted by molar-refractivity contribution is -0.145. The van der Waals surface area contributed by atoms with Crippen LogP contribution < -0.4 is 9.47 Å². The van der Waals surface area contributed by atoms with Crippen molar-refractivity contribution in [2.45, 2.75) is 58.6 Å². The summed E-state index contributed by atoms with van der Waals surface area (Å²) in [5, 5.41) is 0. The van der Waals surface area contributed by atoms with Crippen molar-refractivity contribution < 1.29 is 19.0 Å². The molecule has 6 rings (SSSR count). The number of hydrogen-bond donors (Lipinski definition) is 0. The molecule has 6 heteroatoms. The highest BCUT2D eigenvalue weighted by molar-refractivity contribution is 5.76. The van der Waals surface area contributed by atoms with Crippen molar-refractivity contribution >= 4 is 5.97 Å². The molecule has 0 N–H and O–H groups in total. The molecule has 0 bridgehead atoms. The Kier molecular flexibility index (Phi) is 5.41. The number of nitrogens with zero attached hydrogens (tertiary/aromatic N) is 2. The highest BCUT2D eigenvalue weighted by Crippen LogP contribution is 2.55. The maximum atomic E-state index is 12.9. The molecule has 2 saturated heterocycles. The van der Waals surface area contributed by atoms with Crippen molar-refractivity contribution in [1.82, 2.24) is 9.80 Å². The summed E-state index contributed by atoms with van der Waals surface area (Å²) < 4.78 is 16.9. The molecule has 1 aromatic rings. The van der Waals surface area contributed by atoms with Crippen LogP contribution in [0.3, 0.4) is 0 Å². The van der Waals surface area contributed by atoms with Gasteiger partial charge in [0, 0.05) is 45.2 Å². The van der Waals surface area contributed by atoms with E-state index in [9.17, 15) is 4.79 Å². The van der Waals surface area contributed by atoms with Gasteiger partial charge in [0.1, 0.15) is 6.10 Å². The number of piperazine rings is 1. The number of rotatable bonds is 4. The van der Waals surface area contributed by atoms with Crippen LogP contribution in [0.5, 0.6) is 11.5 Å². The minimum atomic E-state index is 0.0298. The van der Waals surface area contributed by atoms with Gasteiger partial charge in [0.25, 0.3) is 0 Å². The normalized spacial score (nSPS) is 34.2. The van der Waals surface area contributed by atoms with Gasteiger partial charge in [-0.15, -0.1) is 0 Å². The van der Waals surface area contributed by atoms with Crippen molar-refractivity contribution in [1.29, 1.82) is 0 Å². The monoisotopic (exact) mass is 452 g/mol. The van der Waals surface area contributed by atoms with Crippen LogP contribution in [0.4, 0.5) is 0 Å². The van der Waals surface area contributed by atoms with Crippen molar-refractivity contribution in [3.05, 3.63) is 34.9 Å². The van der Waals surface area contributed by atoms with Gasteiger partial charge in [0.15, 0.2) is 11.5 Å². The van der Waals surface area contributed by atoms with E-state index in [1.165, 1.54) is 24.8 Å². The van der Waals surface area contributed by atoms with Crippen LogP contribution in [-0.4, -0.2) is 61.4 Å². The van der Waals surface area contributed by atoms with Crippen molar-refractivity contribution in [2.75, 3.05) is 39.5 Å². The quantitative estimate of drug-likeness (QED) is 0.509. The van der Waals surface area contributed by atoms with Crippen molar-refractivity contribution in [3.63, 3.8) is 0 Å². The fraction of sp³-hybridized carbons (Fsp3) is 0.667. The van der Waals surface area contributed by atoms with Gasteiger partial charge < -0.3 is 14.2 Å². The highest BCUT2D eigenvalue weighted by Gasteiger charge is 2.53. The van der Waals surface area contributed by atoms with Crippen LogP contribution in [-0.2, 0) is 16.1 Å². The first kappa shape index (κ1) is 21.5. The molecule has 33 heavy (non-hydrogen) atoms. The summed E-state index contributed by atoms with van der Waals surface area (Å²) >= 11 is 0. The average molecular weight is 453 g/mol. The predicted molar refractivity (Wildman–Crippen MR) is 125 cm³/mol. The minimum Gasteiger partial charge on any atom is -0.462 e. The Bertz CT molecular complexity index is 967. The van der Waals surface area contributed by atoms with Gasteiger partial charge in [-0.3, -0.25) is 14.6 Å². The first-order chi connectivity index (χ1) is 16.0. The average Bonchev–Trinajstić information content (AvgIpc) is 3.37. The molecule has 0 aromatic heterocycles. The molecule has 0 amide bonds. The van der Waals surface area contributed by atoms with E-state index < -0.39 is 0 Å². The standard InChI is InChI=1S/C27H36N2O4/c1-18-4-3-7-27(2)14-25-20(13-22(18)27)21(26(30)33-25)16-29-10-8-28(9-11-29)15-19-5-6-23-24(12-19)32-17-31-23/h5-6,12,20-21,25H,3-4,7-11,13-17H2,1-2H3/t20-,21-,25-,27-/m1/s1. The van der Waals surface area contributed by atoms with Crippen LogP contribution in [0.2, 0.25) is 0 Å². The number of ether oxygens (including phenoxy) is 3. The largest absolute Gasteiger partial charge is 0.462 e. The Balaban J connectivity index is 1.06. The Morgan fingerprint density at radius 2 is 1.88 bits per heavy atom. The number of benzene rings is 1. The van der Waals surface area contributed by atoms with Gasteiger partial charge in [-0.1, -0.05) is 24.1 Å². The zero-order valence-electron chi connectivity index (χ0n) is 20.0. The summed E-state index contributed by atoms with van der Waals surface area (Å²) in [6, 6.07) is 6.24. The number of carbonyl (C=O) groups is 1. The van der Waals surface area contributed by atoms with E-state index >= 15 is 0 Å². The van der Waals surface area contributed by atoms with Gasteiger partial charge in [-0.25, -0.2) is 0 Å². The summed E-state index contributed by atoms with van der Waals surface area (Å²) in [5.41, 5.74) is 4.74. The second-order valence-corrected chi connectivity index (χ2v) is 11.1. The van der Waals surface area contributed by atoms with E-state index in [-0.39, 0.29) is 23.4 Å². The number of allylic oxidation sites excluding steroid dienone is 2. The second kappa shape index (κ2) is 8.31. The molecule has 3 heterocycles. The Morgan fingerprint density at radius 3 is 2.73 bits per heavy atom. The van der Waals surface area contributed by atoms with E-state index in [2.05, 4.69) is 35.8 Å². The second-order valence-electron chi connectivity index (χ2n) is 11.1. The summed E-state index contributed by atoms with van der Waals surface area (Å²) in [6.07, 6.45) is 5.96. The molecule has 0 unspecified atom stereocenters. The van der Waals surface area contributed by atoms with Gasteiger partial charge >= 0.3 is 5.97 Å². The molecule has 3 aliphatic heterocycles. The van der Waals surface area contributed by atoms with E-state index in [0.29, 0.717) is 12.7 Å². The Hall–Kier alpha value is -2.05. The van der Waals surface area contributed by atoms with Gasteiger partial charge in [-0.2, -0.15) is 0 Å². The molecule has 4 atom stereocenters. The SMILES string of the molecule is CC1=C2C[C@H]3[C@@H](C[C@@]2(C)CCC1)OC(=O)[C@@H]3CN1CCN(Cc2ccc3c(c2)OCO3)CC1. The van der Waals surface area contributed by atoms with E-state index in [1.807, 2.05) is 6.07 Å². The summed E-state index contributed by atoms with van der Waals surface area (Å²) in [7, 11) is 0. The summed E-state index contributed by atoms with van der Waals surface area (Å²) in [4.78, 5) is 17.9. The van der Waals surface area contributed by atoms with Gasteiger partial charge in [-0.05, 0) is 62.1 Å². The van der Waals surface area contributed by atoms with Gasteiger partial charge in [0.05, 0.1) is 5.92 Å². The van der Waals surface area contributed by atoms with Crippen LogP contribution in [0.15, 0.2) is 29.3 Å². The molecule has 0 radical (unpaired) electrons. The maximum Gasteiger partial charge on any atom is 0.310 e. The number of carbonyl (C=O) groups excluding carboxylic acids is 1. The van der Waals surface area contributed by atoms with Crippen LogP contribution >= 0.6 is 0 Å². The third-order valence-corrected chi connectivity index (χ3v) is 8.94. The summed E-state index contributed by atoms with van der Waals surface area (Å²) in [6.45, 7) is 10.9. The van der Waals surface area contributed by atoms with E-state index in [4.69, 9.17) is 14.2 Å². The maximum absolute atomic E-state index is 12.9. The zero-order chi connectivity index (χ0) is 22.6. The zero-order valence-corrected chi connectivity index (χ0v) is 20.0. The van der Waals surface area contributed by atoms with E-state index in [0.717, 1.165) is 63.6 Å². The smallest absolute Gasteiger partial charge is 0.310 e. The number of esters is 1. The third-order valence-electron chi connectivity index (χ3n) is 8.94. The van der Waals surface area contributed by atoms with Crippen LogP contribution in [0, 0.1) is 17.3 Å². The van der Waals surface area contributed by atoms with Crippen LogP contribution in [0.1, 0.15) is 51.5 Å². The fourth-order valence-corrected chi connectivity index (χ4v) is 7.03. The van der Waals surface area contributed by atoms with Crippen molar-refractivity contribution in [3.8, 4) is 11.5 Å². The van der Waals surface area contributed by atoms with Crippen molar-refractivity contribution in [2.24, 2.45) is 17.3 Å². The minimum absolute atomic E-state index is 0.0298. The summed E-state index contributed by atoms with van der Waals surface area (Å²) in [5.74, 6) is 2.13. The molecule has 0 spiro atoms. The lowest BCUT2D eigenvalue weighted by Crippen LogP contribution is -2.49. The number of hydrogen-bond acceptors (Lipinski definition) is 6. The molecule has 3 fully saturated rings.